The van der Waals surface area contributed by atoms with E-state index in [1.807, 2.05) is 0 Å². The molecule has 3 heteroatoms. The van der Waals surface area contributed by atoms with Crippen molar-refractivity contribution in [2.75, 3.05) is 26.7 Å². The molecule has 0 amide bonds. The van der Waals surface area contributed by atoms with E-state index in [-0.39, 0.29) is 0 Å². The Kier molecular flexibility index (Phi) is 2.96. The van der Waals surface area contributed by atoms with Crippen LogP contribution in [0.25, 0.3) is 0 Å². The Morgan fingerprint density at radius 2 is 2.18 bits per heavy atom. The van der Waals surface area contributed by atoms with Crippen LogP contribution in [0.15, 0.2) is 0 Å². The van der Waals surface area contributed by atoms with Crippen molar-refractivity contribution in [3.63, 3.8) is 0 Å². The highest BCUT2D eigenvalue weighted by Gasteiger charge is 2.49. The molecule has 0 aromatic heterocycles. The fraction of sp³-hybridized carbons (Fsp3) is 1.00. The van der Waals surface area contributed by atoms with Crippen LogP contribution in [0.1, 0.15) is 39.0 Å². The maximum absolute atomic E-state index is 6.20. The first-order valence-electron chi connectivity index (χ1n) is 7.32. The summed E-state index contributed by atoms with van der Waals surface area (Å²) in [5, 5.41) is 0. The molecule has 0 aromatic rings. The Bertz CT molecular complexity index is 293. The number of fused-ring (bicyclic) bond motifs is 2. The van der Waals surface area contributed by atoms with Crippen molar-refractivity contribution in [3.05, 3.63) is 0 Å². The number of rotatable bonds is 2. The van der Waals surface area contributed by atoms with Crippen LogP contribution in [0.4, 0.5) is 0 Å². The first-order valence-corrected chi connectivity index (χ1v) is 7.32. The molecule has 4 unspecified atom stereocenters. The molecule has 2 bridgehead atoms. The molecular weight excluding hydrogens is 210 g/mol. The summed E-state index contributed by atoms with van der Waals surface area (Å²) in [5.74, 6) is 0.985. The normalized spacial score (nSPS) is 47.8. The molecule has 2 saturated heterocycles. The fourth-order valence-corrected chi connectivity index (χ4v) is 4.48. The molecule has 3 rings (SSSR count). The number of hydrogen-bond acceptors (Lipinski definition) is 3. The third-order valence-electron chi connectivity index (χ3n) is 5.76. The predicted octanol–water partition coefficient (Wildman–Crippen LogP) is 1.28. The summed E-state index contributed by atoms with van der Waals surface area (Å²) in [6.45, 7) is 5.76. The van der Waals surface area contributed by atoms with Crippen molar-refractivity contribution in [2.45, 2.75) is 56.7 Å². The molecule has 0 radical (unpaired) electrons. The number of likely N-dealkylation sites (tertiary alicyclic amines) is 2. The Balaban J connectivity index is 1.78. The third kappa shape index (κ3) is 1.83. The molecule has 17 heavy (non-hydrogen) atoms. The highest BCUT2D eigenvalue weighted by atomic mass is 15.3. The van der Waals surface area contributed by atoms with Gasteiger partial charge >= 0.3 is 0 Å². The molecule has 3 aliphatic rings. The number of nitrogens with zero attached hydrogens (tertiary/aromatic N) is 2. The van der Waals surface area contributed by atoms with Gasteiger partial charge in [-0.15, -0.1) is 0 Å². The molecule has 3 fully saturated rings. The number of nitrogens with two attached hydrogens (primary N) is 1. The van der Waals surface area contributed by atoms with Crippen molar-refractivity contribution in [1.82, 2.24) is 9.80 Å². The molecule has 2 heterocycles. The summed E-state index contributed by atoms with van der Waals surface area (Å²) in [6, 6.07) is 1.55. The minimum atomic E-state index is 0.325. The van der Waals surface area contributed by atoms with Crippen LogP contribution in [-0.4, -0.2) is 54.1 Å². The van der Waals surface area contributed by atoms with Crippen molar-refractivity contribution in [1.29, 1.82) is 0 Å². The molecule has 0 aromatic carbocycles. The minimum absolute atomic E-state index is 0.325. The largest absolute Gasteiger partial charge is 0.329 e. The minimum Gasteiger partial charge on any atom is -0.329 e. The summed E-state index contributed by atoms with van der Waals surface area (Å²) < 4.78 is 0. The molecule has 4 atom stereocenters. The molecule has 2 N–H and O–H groups in total. The highest BCUT2D eigenvalue weighted by molar-refractivity contribution is 5.06. The first-order chi connectivity index (χ1) is 8.14. The van der Waals surface area contributed by atoms with Gasteiger partial charge in [0.2, 0.25) is 0 Å². The molecular formula is C14H27N3. The van der Waals surface area contributed by atoms with E-state index in [1.165, 1.54) is 45.2 Å². The second-order valence-corrected chi connectivity index (χ2v) is 6.70. The Labute approximate surface area is 105 Å². The zero-order valence-electron chi connectivity index (χ0n) is 11.4. The third-order valence-corrected chi connectivity index (χ3v) is 5.76. The first kappa shape index (κ1) is 11.9. The van der Waals surface area contributed by atoms with Crippen LogP contribution in [0.2, 0.25) is 0 Å². The van der Waals surface area contributed by atoms with Gasteiger partial charge in [-0.3, -0.25) is 4.90 Å². The van der Waals surface area contributed by atoms with Crippen molar-refractivity contribution in [3.8, 4) is 0 Å². The van der Waals surface area contributed by atoms with E-state index < -0.39 is 0 Å². The molecule has 1 aliphatic carbocycles. The lowest BCUT2D eigenvalue weighted by Gasteiger charge is -2.52. The number of hydrogen-bond donors (Lipinski definition) is 1. The molecule has 2 aliphatic heterocycles. The summed E-state index contributed by atoms with van der Waals surface area (Å²) >= 11 is 0. The van der Waals surface area contributed by atoms with Crippen LogP contribution in [0.5, 0.6) is 0 Å². The monoisotopic (exact) mass is 237 g/mol. The van der Waals surface area contributed by atoms with E-state index >= 15 is 0 Å². The van der Waals surface area contributed by atoms with Gasteiger partial charge in [0.15, 0.2) is 0 Å². The zero-order valence-corrected chi connectivity index (χ0v) is 11.4. The summed E-state index contributed by atoms with van der Waals surface area (Å²) in [7, 11) is 2.25. The summed E-state index contributed by atoms with van der Waals surface area (Å²) in [5.41, 5.74) is 6.52. The van der Waals surface area contributed by atoms with Gasteiger partial charge in [-0.1, -0.05) is 0 Å². The van der Waals surface area contributed by atoms with E-state index in [0.717, 1.165) is 18.5 Å². The van der Waals surface area contributed by atoms with Gasteiger partial charge < -0.3 is 10.6 Å². The lowest BCUT2D eigenvalue weighted by Crippen LogP contribution is -2.62. The quantitative estimate of drug-likeness (QED) is 0.785. The lowest BCUT2D eigenvalue weighted by atomic mass is 9.81. The molecule has 0 spiro atoms. The van der Waals surface area contributed by atoms with E-state index in [9.17, 15) is 0 Å². The van der Waals surface area contributed by atoms with Crippen LogP contribution < -0.4 is 5.73 Å². The average Bonchev–Trinajstić information content (AvgIpc) is 2.95. The predicted molar refractivity (Wildman–Crippen MR) is 70.9 cm³/mol. The SMILES string of the molecule is CC1CC(CN)(N2CC3CCC2C3)CCN1C. The van der Waals surface area contributed by atoms with Crippen LogP contribution in [0, 0.1) is 5.92 Å². The van der Waals surface area contributed by atoms with Crippen LogP contribution >= 0.6 is 0 Å². The highest BCUT2D eigenvalue weighted by Crippen LogP contribution is 2.44. The second-order valence-electron chi connectivity index (χ2n) is 6.70. The van der Waals surface area contributed by atoms with Gasteiger partial charge in [0, 0.05) is 30.7 Å². The average molecular weight is 237 g/mol. The summed E-state index contributed by atoms with van der Waals surface area (Å²) in [6.07, 6.45) is 6.89. The van der Waals surface area contributed by atoms with Gasteiger partial charge in [0.1, 0.15) is 0 Å². The van der Waals surface area contributed by atoms with Gasteiger partial charge in [-0.25, -0.2) is 0 Å². The van der Waals surface area contributed by atoms with Crippen molar-refractivity contribution in [2.24, 2.45) is 11.7 Å². The fourth-order valence-electron chi connectivity index (χ4n) is 4.48. The Morgan fingerprint density at radius 3 is 2.71 bits per heavy atom. The van der Waals surface area contributed by atoms with Gasteiger partial charge in [-0.05, 0) is 58.5 Å². The number of piperidine rings is 2. The molecule has 3 nitrogen and oxygen atoms in total. The van der Waals surface area contributed by atoms with Crippen molar-refractivity contribution < 1.29 is 0 Å². The zero-order chi connectivity index (χ0) is 12.0. The molecule has 98 valence electrons. The van der Waals surface area contributed by atoms with Gasteiger partial charge in [-0.2, -0.15) is 0 Å². The lowest BCUT2D eigenvalue weighted by molar-refractivity contribution is -0.00808. The maximum Gasteiger partial charge on any atom is 0.0361 e. The van der Waals surface area contributed by atoms with Crippen LogP contribution in [0.3, 0.4) is 0 Å². The second kappa shape index (κ2) is 4.22. The van der Waals surface area contributed by atoms with E-state index in [4.69, 9.17) is 5.73 Å². The topological polar surface area (TPSA) is 32.5 Å². The smallest absolute Gasteiger partial charge is 0.0361 e. The van der Waals surface area contributed by atoms with E-state index in [2.05, 4.69) is 23.8 Å². The van der Waals surface area contributed by atoms with E-state index in [1.54, 1.807) is 0 Å². The van der Waals surface area contributed by atoms with Crippen LogP contribution in [-0.2, 0) is 0 Å². The van der Waals surface area contributed by atoms with Crippen molar-refractivity contribution >= 4 is 0 Å². The maximum atomic E-state index is 6.20. The van der Waals surface area contributed by atoms with E-state index in [0.29, 0.717) is 11.6 Å². The summed E-state index contributed by atoms with van der Waals surface area (Å²) in [4.78, 5) is 5.30. The van der Waals surface area contributed by atoms with Gasteiger partial charge in [0.25, 0.3) is 0 Å². The Hall–Kier alpha value is -0.120. The molecule has 1 saturated carbocycles. The standard InChI is InChI=1S/C14H27N3/c1-11-8-14(10-15,5-6-16(11)2)17-9-12-3-4-13(17)7-12/h11-13H,3-10,15H2,1-2H3. The Morgan fingerprint density at radius 1 is 1.35 bits per heavy atom. The van der Waals surface area contributed by atoms with Gasteiger partial charge in [0.05, 0.1) is 0 Å².